The minimum absolute atomic E-state index is 0.116. The van der Waals surface area contributed by atoms with E-state index < -0.39 is 0 Å². The number of anilines is 1. The maximum atomic E-state index is 12.7. The van der Waals surface area contributed by atoms with Crippen molar-refractivity contribution in [3.05, 3.63) is 62.5 Å². The van der Waals surface area contributed by atoms with E-state index in [4.69, 9.17) is 11.6 Å². The van der Waals surface area contributed by atoms with E-state index in [1.54, 1.807) is 0 Å². The first-order valence-electron chi connectivity index (χ1n) is 11.1. The van der Waals surface area contributed by atoms with Crippen LogP contribution in [0.25, 0.3) is 6.08 Å². The summed E-state index contributed by atoms with van der Waals surface area (Å²) in [6, 6.07) is 10.2. The molecule has 0 spiro atoms. The van der Waals surface area contributed by atoms with E-state index >= 15 is 0 Å². The Balaban J connectivity index is 1.68. The Morgan fingerprint density at radius 1 is 1.31 bits per heavy atom. The first-order valence-corrected chi connectivity index (χ1v) is 12.3. The third-order valence-corrected chi connectivity index (χ3v) is 7.81. The summed E-state index contributed by atoms with van der Waals surface area (Å²) in [6.07, 6.45) is 3.10. The SMILES string of the molecule is CCN1c2cc(C)c(/C=C3\SC(=Nc4cccc(Cl)c4C)NC3=O)cc2C(C)CC1(C)C. The molecule has 168 valence electrons. The van der Waals surface area contributed by atoms with Gasteiger partial charge in [-0.3, -0.25) is 4.79 Å². The van der Waals surface area contributed by atoms with Crippen LogP contribution in [0.4, 0.5) is 11.4 Å². The molecule has 32 heavy (non-hydrogen) atoms. The fraction of sp³-hybridized carbons (Fsp3) is 0.385. The molecule has 1 atom stereocenters. The molecule has 4 rings (SSSR count). The number of carbonyl (C=O) groups is 1. The van der Waals surface area contributed by atoms with Crippen LogP contribution in [0, 0.1) is 13.8 Å². The first kappa shape index (κ1) is 22.9. The lowest BCUT2D eigenvalue weighted by Crippen LogP contribution is -2.48. The smallest absolute Gasteiger partial charge is 0.264 e. The molecule has 1 amide bonds. The molecule has 0 bridgehead atoms. The second-order valence-corrected chi connectivity index (χ2v) is 10.7. The van der Waals surface area contributed by atoms with Crippen molar-refractivity contribution in [2.45, 2.75) is 59.4 Å². The van der Waals surface area contributed by atoms with Gasteiger partial charge >= 0.3 is 0 Å². The van der Waals surface area contributed by atoms with Crippen LogP contribution < -0.4 is 10.2 Å². The fourth-order valence-electron chi connectivity index (χ4n) is 4.85. The zero-order valence-corrected chi connectivity index (χ0v) is 21.1. The number of rotatable bonds is 3. The van der Waals surface area contributed by atoms with Crippen LogP contribution in [0.2, 0.25) is 5.02 Å². The van der Waals surface area contributed by atoms with Gasteiger partial charge in [0, 0.05) is 22.8 Å². The zero-order valence-electron chi connectivity index (χ0n) is 19.5. The molecule has 0 aromatic heterocycles. The van der Waals surface area contributed by atoms with E-state index in [0.717, 1.165) is 29.8 Å². The molecule has 2 aliphatic rings. The largest absolute Gasteiger partial charge is 0.366 e. The summed E-state index contributed by atoms with van der Waals surface area (Å²) in [4.78, 5) is 20.4. The second kappa shape index (κ2) is 8.60. The molecule has 0 aliphatic carbocycles. The van der Waals surface area contributed by atoms with E-state index in [2.05, 4.69) is 62.0 Å². The average molecular weight is 468 g/mol. The summed E-state index contributed by atoms with van der Waals surface area (Å²) in [5.41, 5.74) is 6.74. The molecule has 2 aromatic rings. The van der Waals surface area contributed by atoms with E-state index in [9.17, 15) is 4.79 Å². The molecule has 1 saturated heterocycles. The lowest BCUT2D eigenvalue weighted by Gasteiger charge is -2.47. The Morgan fingerprint density at radius 2 is 2.06 bits per heavy atom. The number of halogens is 1. The highest BCUT2D eigenvalue weighted by molar-refractivity contribution is 8.18. The Hall–Kier alpha value is -2.24. The number of aryl methyl sites for hydroxylation is 1. The monoisotopic (exact) mass is 467 g/mol. The van der Waals surface area contributed by atoms with Gasteiger partial charge in [0.15, 0.2) is 5.17 Å². The second-order valence-electron chi connectivity index (χ2n) is 9.30. The van der Waals surface area contributed by atoms with Gasteiger partial charge in [-0.2, -0.15) is 0 Å². The first-order chi connectivity index (χ1) is 15.1. The minimum Gasteiger partial charge on any atom is -0.366 e. The van der Waals surface area contributed by atoms with Crippen LogP contribution in [0.5, 0.6) is 0 Å². The number of aliphatic imine (C=N–C) groups is 1. The van der Waals surface area contributed by atoms with Crippen molar-refractivity contribution in [1.82, 2.24) is 5.32 Å². The maximum absolute atomic E-state index is 12.7. The van der Waals surface area contributed by atoms with Crippen molar-refractivity contribution in [3.8, 4) is 0 Å². The number of hydrogen-bond donors (Lipinski definition) is 1. The Labute approximate surface area is 200 Å². The van der Waals surface area contributed by atoms with Crippen molar-refractivity contribution >= 4 is 51.9 Å². The highest BCUT2D eigenvalue weighted by Gasteiger charge is 2.36. The van der Waals surface area contributed by atoms with E-state index in [-0.39, 0.29) is 11.4 Å². The number of thioether (sulfide) groups is 1. The predicted octanol–water partition coefficient (Wildman–Crippen LogP) is 6.96. The van der Waals surface area contributed by atoms with Crippen molar-refractivity contribution in [3.63, 3.8) is 0 Å². The van der Waals surface area contributed by atoms with Gasteiger partial charge in [0.2, 0.25) is 0 Å². The number of fused-ring (bicyclic) bond motifs is 1. The molecule has 2 heterocycles. The van der Waals surface area contributed by atoms with Crippen LogP contribution in [0.15, 0.2) is 40.2 Å². The molecule has 2 aromatic carbocycles. The van der Waals surface area contributed by atoms with E-state index in [0.29, 0.717) is 21.0 Å². The normalized spacial score (nSPS) is 22.4. The molecule has 1 N–H and O–H groups in total. The number of hydrogen-bond acceptors (Lipinski definition) is 4. The molecular formula is C26H30ClN3OS. The summed E-state index contributed by atoms with van der Waals surface area (Å²) < 4.78 is 0. The number of amides is 1. The van der Waals surface area contributed by atoms with Crippen LogP contribution in [-0.4, -0.2) is 23.2 Å². The topological polar surface area (TPSA) is 44.7 Å². The molecule has 0 radical (unpaired) electrons. The van der Waals surface area contributed by atoms with Gasteiger partial charge in [0.1, 0.15) is 0 Å². The Kier molecular flexibility index (Phi) is 6.17. The van der Waals surface area contributed by atoms with Gasteiger partial charge < -0.3 is 10.2 Å². The summed E-state index contributed by atoms with van der Waals surface area (Å²) in [7, 11) is 0. The third kappa shape index (κ3) is 4.20. The summed E-state index contributed by atoms with van der Waals surface area (Å²) in [5.74, 6) is 0.350. The van der Waals surface area contributed by atoms with Crippen LogP contribution in [-0.2, 0) is 4.79 Å². The molecule has 1 unspecified atom stereocenters. The van der Waals surface area contributed by atoms with Crippen LogP contribution >= 0.6 is 23.4 Å². The molecule has 2 aliphatic heterocycles. The summed E-state index contributed by atoms with van der Waals surface area (Å²) in [6.45, 7) is 14.2. The highest BCUT2D eigenvalue weighted by Crippen LogP contribution is 2.44. The van der Waals surface area contributed by atoms with Gasteiger partial charge in [-0.05, 0) is 111 Å². The fourth-order valence-corrected chi connectivity index (χ4v) is 5.85. The van der Waals surface area contributed by atoms with E-state index in [1.807, 2.05) is 31.2 Å². The van der Waals surface area contributed by atoms with Gasteiger partial charge in [-0.25, -0.2) is 4.99 Å². The molecule has 0 saturated carbocycles. The Bertz CT molecular complexity index is 1150. The lowest BCUT2D eigenvalue weighted by molar-refractivity contribution is -0.115. The molecule has 6 heteroatoms. The zero-order chi connectivity index (χ0) is 23.2. The third-order valence-electron chi connectivity index (χ3n) is 6.49. The predicted molar refractivity (Wildman–Crippen MR) is 138 cm³/mol. The molecule has 4 nitrogen and oxygen atoms in total. The molecule has 1 fully saturated rings. The van der Waals surface area contributed by atoms with Crippen LogP contribution in [0.1, 0.15) is 62.3 Å². The van der Waals surface area contributed by atoms with Crippen molar-refractivity contribution < 1.29 is 4.79 Å². The quantitative estimate of drug-likeness (QED) is 0.496. The van der Waals surface area contributed by atoms with Crippen molar-refractivity contribution in [1.29, 1.82) is 0 Å². The van der Waals surface area contributed by atoms with Crippen molar-refractivity contribution in [2.24, 2.45) is 4.99 Å². The molecular weight excluding hydrogens is 438 g/mol. The maximum Gasteiger partial charge on any atom is 0.264 e. The average Bonchev–Trinajstić information content (AvgIpc) is 3.05. The standard InChI is InChI=1S/C26H30ClN3OS/c1-7-30-22-11-15(2)18(12-19(22)16(3)14-26(30,5)6)13-23-24(31)29-25(32-23)28-21-10-8-9-20(27)17(21)4/h8-13,16H,7,14H2,1-6H3,(H,28,29,31)/b23-13-. The van der Waals surface area contributed by atoms with Gasteiger partial charge in [-0.1, -0.05) is 24.6 Å². The lowest BCUT2D eigenvalue weighted by atomic mass is 9.79. The van der Waals surface area contributed by atoms with E-state index in [1.165, 1.54) is 28.6 Å². The number of carbonyl (C=O) groups excluding carboxylic acids is 1. The summed E-state index contributed by atoms with van der Waals surface area (Å²) >= 11 is 7.58. The van der Waals surface area contributed by atoms with Crippen molar-refractivity contribution in [2.75, 3.05) is 11.4 Å². The summed E-state index contributed by atoms with van der Waals surface area (Å²) in [5, 5.41) is 4.14. The van der Waals surface area contributed by atoms with Crippen LogP contribution in [0.3, 0.4) is 0 Å². The van der Waals surface area contributed by atoms with Gasteiger partial charge in [-0.15, -0.1) is 0 Å². The number of nitrogens with zero attached hydrogens (tertiary/aromatic N) is 2. The number of nitrogens with one attached hydrogen (secondary N) is 1. The van der Waals surface area contributed by atoms with Gasteiger partial charge in [0.25, 0.3) is 5.91 Å². The minimum atomic E-state index is -0.116. The highest BCUT2D eigenvalue weighted by atomic mass is 35.5. The number of benzene rings is 2. The Morgan fingerprint density at radius 3 is 2.78 bits per heavy atom. The van der Waals surface area contributed by atoms with Gasteiger partial charge in [0.05, 0.1) is 10.6 Å². The number of amidine groups is 1.